The summed E-state index contributed by atoms with van der Waals surface area (Å²) in [5.74, 6) is 0.458. The lowest BCUT2D eigenvalue weighted by Crippen LogP contribution is -2.32. The first-order valence-electron chi connectivity index (χ1n) is 3.35. The molecule has 1 rings (SSSR count). The maximum Gasteiger partial charge on any atom is 0.493 e. The van der Waals surface area contributed by atoms with E-state index in [9.17, 15) is 0 Å². The van der Waals surface area contributed by atoms with Crippen LogP contribution in [0, 0.1) is 0 Å². The van der Waals surface area contributed by atoms with E-state index < -0.39 is 7.12 Å². The number of methoxy groups -OCH3 is 1. The standard InChI is InChI=1S/C7H8BBrO3/c1-12-6-4-2-3-5(9)7(6)8(10)11/h2-4,10-11H,1H3. The van der Waals surface area contributed by atoms with Crippen LogP contribution in [-0.2, 0) is 0 Å². The molecule has 3 nitrogen and oxygen atoms in total. The molecule has 0 bridgehead atoms. The average molecular weight is 231 g/mol. The van der Waals surface area contributed by atoms with Crippen molar-refractivity contribution in [1.82, 2.24) is 0 Å². The zero-order chi connectivity index (χ0) is 9.14. The van der Waals surface area contributed by atoms with E-state index in [0.29, 0.717) is 15.7 Å². The maximum atomic E-state index is 8.96. The monoisotopic (exact) mass is 230 g/mol. The first-order chi connectivity index (χ1) is 5.66. The van der Waals surface area contributed by atoms with Crippen molar-refractivity contribution in [3.63, 3.8) is 0 Å². The van der Waals surface area contributed by atoms with Crippen LogP contribution in [0.2, 0.25) is 0 Å². The predicted molar refractivity (Wildman–Crippen MR) is 50.5 cm³/mol. The normalized spacial score (nSPS) is 9.67. The molecule has 0 atom stereocenters. The maximum absolute atomic E-state index is 8.96. The summed E-state index contributed by atoms with van der Waals surface area (Å²) in [4.78, 5) is 0. The Morgan fingerprint density at radius 2 is 2.08 bits per heavy atom. The third-order valence-corrected chi connectivity index (χ3v) is 2.18. The van der Waals surface area contributed by atoms with Gasteiger partial charge in [0.2, 0.25) is 0 Å². The van der Waals surface area contributed by atoms with Crippen LogP contribution in [-0.4, -0.2) is 24.3 Å². The number of rotatable bonds is 2. The molecule has 0 aromatic heterocycles. The molecule has 5 heteroatoms. The van der Waals surface area contributed by atoms with Gasteiger partial charge in [0.25, 0.3) is 0 Å². The van der Waals surface area contributed by atoms with Gasteiger partial charge in [-0.3, -0.25) is 0 Å². The SMILES string of the molecule is COc1cccc(Br)c1B(O)O. The lowest BCUT2D eigenvalue weighted by atomic mass is 9.79. The summed E-state index contributed by atoms with van der Waals surface area (Å²) in [6, 6.07) is 5.14. The summed E-state index contributed by atoms with van der Waals surface area (Å²) in [7, 11) is -0.0382. The second-order valence-electron chi connectivity index (χ2n) is 2.23. The van der Waals surface area contributed by atoms with Crippen molar-refractivity contribution in [2.45, 2.75) is 0 Å². The highest BCUT2D eigenvalue weighted by molar-refractivity contribution is 9.10. The molecule has 0 aliphatic carbocycles. The van der Waals surface area contributed by atoms with E-state index in [-0.39, 0.29) is 0 Å². The molecule has 0 fully saturated rings. The van der Waals surface area contributed by atoms with Gasteiger partial charge < -0.3 is 14.8 Å². The Labute approximate surface area is 79.3 Å². The van der Waals surface area contributed by atoms with Gasteiger partial charge in [0, 0.05) is 9.94 Å². The van der Waals surface area contributed by atoms with E-state index in [2.05, 4.69) is 15.9 Å². The fourth-order valence-electron chi connectivity index (χ4n) is 0.946. The molecule has 0 radical (unpaired) electrons. The number of hydrogen-bond acceptors (Lipinski definition) is 3. The van der Waals surface area contributed by atoms with Gasteiger partial charge in [-0.25, -0.2) is 0 Å². The Balaban J connectivity index is 3.20. The Morgan fingerprint density at radius 1 is 1.42 bits per heavy atom. The van der Waals surface area contributed by atoms with Crippen LogP contribution in [0.3, 0.4) is 0 Å². The summed E-state index contributed by atoms with van der Waals surface area (Å²) in [6.07, 6.45) is 0. The largest absolute Gasteiger partial charge is 0.497 e. The van der Waals surface area contributed by atoms with Crippen LogP contribution in [0.4, 0.5) is 0 Å². The molecule has 0 saturated carbocycles. The van der Waals surface area contributed by atoms with Crippen molar-refractivity contribution in [1.29, 1.82) is 0 Å². The molecule has 0 spiro atoms. The van der Waals surface area contributed by atoms with Crippen molar-refractivity contribution in [3.05, 3.63) is 22.7 Å². The number of benzene rings is 1. The summed E-state index contributed by atoms with van der Waals surface area (Å²) in [5.41, 5.74) is 0.347. The predicted octanol–water partition coefficient (Wildman–Crippen LogP) is 0.138. The molecule has 0 heterocycles. The van der Waals surface area contributed by atoms with Crippen LogP contribution in [0.1, 0.15) is 0 Å². The van der Waals surface area contributed by atoms with Gasteiger partial charge in [0.15, 0.2) is 0 Å². The lowest BCUT2D eigenvalue weighted by molar-refractivity contribution is 0.403. The highest BCUT2D eigenvalue weighted by Gasteiger charge is 2.19. The quantitative estimate of drug-likeness (QED) is 0.711. The Kier molecular flexibility index (Phi) is 3.14. The van der Waals surface area contributed by atoms with Gasteiger partial charge >= 0.3 is 7.12 Å². The van der Waals surface area contributed by atoms with Crippen molar-refractivity contribution in [3.8, 4) is 5.75 Å². The fraction of sp³-hybridized carbons (Fsp3) is 0.143. The first kappa shape index (κ1) is 9.57. The van der Waals surface area contributed by atoms with Gasteiger partial charge in [-0.1, -0.05) is 22.0 Å². The minimum absolute atomic E-state index is 0.347. The van der Waals surface area contributed by atoms with Crippen LogP contribution in [0.5, 0.6) is 5.75 Å². The summed E-state index contributed by atoms with van der Waals surface area (Å²) in [6.45, 7) is 0. The van der Waals surface area contributed by atoms with Crippen LogP contribution in [0.15, 0.2) is 22.7 Å². The Hall–Kier alpha value is -0.515. The van der Waals surface area contributed by atoms with E-state index in [0.717, 1.165) is 0 Å². The number of ether oxygens (including phenoxy) is 1. The molecule has 2 N–H and O–H groups in total. The zero-order valence-electron chi connectivity index (χ0n) is 6.49. The highest BCUT2D eigenvalue weighted by atomic mass is 79.9. The highest BCUT2D eigenvalue weighted by Crippen LogP contribution is 2.15. The second-order valence-corrected chi connectivity index (χ2v) is 3.08. The van der Waals surface area contributed by atoms with Gasteiger partial charge in [-0.15, -0.1) is 0 Å². The fourth-order valence-corrected chi connectivity index (χ4v) is 1.50. The van der Waals surface area contributed by atoms with E-state index in [1.807, 2.05) is 0 Å². The van der Waals surface area contributed by atoms with Gasteiger partial charge in [-0.05, 0) is 12.1 Å². The number of hydrogen-bond donors (Lipinski definition) is 2. The van der Waals surface area contributed by atoms with Crippen LogP contribution >= 0.6 is 15.9 Å². The van der Waals surface area contributed by atoms with E-state index >= 15 is 0 Å². The molecule has 0 amide bonds. The van der Waals surface area contributed by atoms with Crippen molar-refractivity contribution >= 4 is 28.5 Å². The molecule has 64 valence electrons. The molecule has 0 unspecified atom stereocenters. The molecule has 1 aromatic rings. The van der Waals surface area contributed by atoms with Gasteiger partial charge in [0.1, 0.15) is 5.75 Å². The molecule has 12 heavy (non-hydrogen) atoms. The van der Waals surface area contributed by atoms with E-state index in [4.69, 9.17) is 14.8 Å². The molecular formula is C7H8BBrO3. The van der Waals surface area contributed by atoms with Gasteiger partial charge in [0.05, 0.1) is 7.11 Å². The third-order valence-electron chi connectivity index (χ3n) is 1.49. The first-order valence-corrected chi connectivity index (χ1v) is 4.14. The van der Waals surface area contributed by atoms with E-state index in [1.54, 1.807) is 18.2 Å². The molecule has 0 aliphatic heterocycles. The summed E-state index contributed by atoms with van der Waals surface area (Å²) in [5, 5.41) is 17.9. The second kappa shape index (κ2) is 3.93. The topological polar surface area (TPSA) is 49.7 Å². The third kappa shape index (κ3) is 1.80. The smallest absolute Gasteiger partial charge is 0.493 e. The van der Waals surface area contributed by atoms with Crippen molar-refractivity contribution < 1.29 is 14.8 Å². The molecule has 0 saturated heterocycles. The molecule has 1 aromatic carbocycles. The summed E-state index contributed by atoms with van der Waals surface area (Å²) >= 11 is 3.19. The van der Waals surface area contributed by atoms with E-state index in [1.165, 1.54) is 7.11 Å². The van der Waals surface area contributed by atoms with Gasteiger partial charge in [-0.2, -0.15) is 0 Å². The minimum Gasteiger partial charge on any atom is -0.497 e. The van der Waals surface area contributed by atoms with Crippen molar-refractivity contribution in [2.75, 3.05) is 7.11 Å². The average Bonchev–Trinajstić information content (AvgIpc) is 2.03. The lowest BCUT2D eigenvalue weighted by Gasteiger charge is -2.08. The zero-order valence-corrected chi connectivity index (χ0v) is 8.08. The van der Waals surface area contributed by atoms with Crippen LogP contribution < -0.4 is 10.2 Å². The van der Waals surface area contributed by atoms with Crippen LogP contribution in [0.25, 0.3) is 0 Å². The molecular weight excluding hydrogens is 223 g/mol. The van der Waals surface area contributed by atoms with Crippen molar-refractivity contribution in [2.24, 2.45) is 0 Å². The minimum atomic E-state index is -1.52. The number of halogens is 1. The Morgan fingerprint density at radius 3 is 2.50 bits per heavy atom. The summed E-state index contributed by atoms with van der Waals surface area (Å²) < 4.78 is 5.56. The molecule has 0 aliphatic rings. The Bertz CT molecular complexity index is 277.